The van der Waals surface area contributed by atoms with Crippen molar-refractivity contribution in [3.05, 3.63) is 42.0 Å². The number of rotatable bonds is 6. The van der Waals surface area contributed by atoms with Crippen LogP contribution in [0.3, 0.4) is 0 Å². The third kappa shape index (κ3) is 4.43. The first-order valence-electron chi connectivity index (χ1n) is 7.39. The van der Waals surface area contributed by atoms with E-state index in [9.17, 15) is 4.79 Å². The fourth-order valence-corrected chi connectivity index (χ4v) is 1.98. The molecule has 1 heterocycles. The van der Waals surface area contributed by atoms with Crippen LogP contribution in [0.4, 0.5) is 5.82 Å². The highest BCUT2D eigenvalue weighted by atomic mass is 16.5. The van der Waals surface area contributed by atoms with Crippen LogP contribution in [-0.4, -0.2) is 24.0 Å². The van der Waals surface area contributed by atoms with E-state index in [1.807, 2.05) is 26.0 Å². The zero-order valence-electron chi connectivity index (χ0n) is 13.5. The summed E-state index contributed by atoms with van der Waals surface area (Å²) in [5, 5.41) is 2.67. The highest BCUT2D eigenvalue weighted by Gasteiger charge is 2.12. The highest BCUT2D eigenvalue weighted by molar-refractivity contribution is 5.93. The number of benzene rings is 1. The van der Waals surface area contributed by atoms with E-state index in [-0.39, 0.29) is 5.91 Å². The first-order valence-corrected chi connectivity index (χ1v) is 7.39. The third-order valence-electron chi connectivity index (χ3n) is 3.34. The summed E-state index contributed by atoms with van der Waals surface area (Å²) < 4.78 is 10.9. The molecule has 1 aromatic heterocycles. The molecule has 0 fully saturated rings. The van der Waals surface area contributed by atoms with Crippen LogP contribution in [0, 0.1) is 6.92 Å². The van der Waals surface area contributed by atoms with E-state index < -0.39 is 6.04 Å². The Balaban J connectivity index is 2.11. The Kier molecular flexibility index (Phi) is 5.54. The van der Waals surface area contributed by atoms with Crippen molar-refractivity contribution in [2.24, 2.45) is 5.73 Å². The van der Waals surface area contributed by atoms with Gasteiger partial charge in [0.05, 0.1) is 13.2 Å². The van der Waals surface area contributed by atoms with E-state index in [0.29, 0.717) is 23.9 Å². The van der Waals surface area contributed by atoms with Gasteiger partial charge in [-0.25, -0.2) is 0 Å². The SMILES string of the molecule is CC[C@@H](N)C(=O)Nc1cccc(Oc2ccc(OC)c(C)c2)n1. The number of nitrogens with one attached hydrogen (secondary N) is 1. The maximum absolute atomic E-state index is 11.8. The average molecular weight is 315 g/mol. The first kappa shape index (κ1) is 16.8. The normalized spacial score (nSPS) is 11.7. The molecule has 0 spiro atoms. The third-order valence-corrected chi connectivity index (χ3v) is 3.34. The van der Waals surface area contributed by atoms with Crippen molar-refractivity contribution in [1.82, 2.24) is 4.98 Å². The number of methoxy groups -OCH3 is 1. The average Bonchev–Trinajstić information content (AvgIpc) is 2.54. The molecule has 1 aromatic carbocycles. The van der Waals surface area contributed by atoms with Crippen LogP contribution in [0.1, 0.15) is 18.9 Å². The van der Waals surface area contributed by atoms with Crippen LogP contribution in [0.5, 0.6) is 17.4 Å². The second kappa shape index (κ2) is 7.60. The van der Waals surface area contributed by atoms with E-state index in [4.69, 9.17) is 15.2 Å². The lowest BCUT2D eigenvalue weighted by molar-refractivity contribution is -0.117. The minimum Gasteiger partial charge on any atom is -0.496 e. The topological polar surface area (TPSA) is 86.5 Å². The molecule has 122 valence electrons. The summed E-state index contributed by atoms with van der Waals surface area (Å²) in [6.45, 7) is 3.78. The van der Waals surface area contributed by atoms with E-state index in [2.05, 4.69) is 10.3 Å². The van der Waals surface area contributed by atoms with Crippen molar-refractivity contribution in [3.8, 4) is 17.4 Å². The van der Waals surface area contributed by atoms with Crippen LogP contribution >= 0.6 is 0 Å². The zero-order valence-corrected chi connectivity index (χ0v) is 13.5. The number of aryl methyl sites for hydroxylation is 1. The fourth-order valence-electron chi connectivity index (χ4n) is 1.98. The van der Waals surface area contributed by atoms with E-state index >= 15 is 0 Å². The lowest BCUT2D eigenvalue weighted by Crippen LogP contribution is -2.35. The quantitative estimate of drug-likeness (QED) is 0.856. The van der Waals surface area contributed by atoms with Crippen LogP contribution in [0.25, 0.3) is 0 Å². The van der Waals surface area contributed by atoms with Crippen LogP contribution in [-0.2, 0) is 4.79 Å². The van der Waals surface area contributed by atoms with Gasteiger partial charge in [-0.05, 0) is 43.2 Å². The number of amides is 1. The number of carbonyl (C=O) groups excluding carboxylic acids is 1. The van der Waals surface area contributed by atoms with Gasteiger partial charge in [0.25, 0.3) is 0 Å². The molecule has 0 saturated heterocycles. The number of pyridine rings is 1. The summed E-state index contributed by atoms with van der Waals surface area (Å²) in [5.74, 6) is 1.96. The molecule has 0 unspecified atom stereocenters. The second-order valence-corrected chi connectivity index (χ2v) is 5.10. The molecule has 1 atom stereocenters. The Labute approximate surface area is 135 Å². The number of nitrogens with zero attached hydrogens (tertiary/aromatic N) is 1. The van der Waals surface area contributed by atoms with Gasteiger partial charge < -0.3 is 20.5 Å². The molecular weight excluding hydrogens is 294 g/mol. The van der Waals surface area contributed by atoms with Crippen molar-refractivity contribution in [3.63, 3.8) is 0 Å². The number of aromatic nitrogens is 1. The Morgan fingerprint density at radius 1 is 1.35 bits per heavy atom. The van der Waals surface area contributed by atoms with Crippen LogP contribution in [0.15, 0.2) is 36.4 Å². The van der Waals surface area contributed by atoms with Gasteiger partial charge in [0.1, 0.15) is 17.3 Å². The zero-order chi connectivity index (χ0) is 16.8. The van der Waals surface area contributed by atoms with E-state index in [1.54, 1.807) is 31.4 Å². The van der Waals surface area contributed by atoms with Gasteiger partial charge in [0.2, 0.25) is 11.8 Å². The summed E-state index contributed by atoms with van der Waals surface area (Å²) in [7, 11) is 1.62. The smallest absolute Gasteiger partial charge is 0.242 e. The van der Waals surface area contributed by atoms with Gasteiger partial charge in [-0.3, -0.25) is 4.79 Å². The van der Waals surface area contributed by atoms with Gasteiger partial charge in [-0.1, -0.05) is 13.0 Å². The second-order valence-electron chi connectivity index (χ2n) is 5.10. The van der Waals surface area contributed by atoms with E-state index in [0.717, 1.165) is 11.3 Å². The molecular formula is C17H21N3O3. The molecule has 6 heteroatoms. The van der Waals surface area contributed by atoms with Crippen LogP contribution in [0.2, 0.25) is 0 Å². The van der Waals surface area contributed by atoms with Crippen LogP contribution < -0.4 is 20.5 Å². The van der Waals surface area contributed by atoms with Crippen molar-refractivity contribution in [2.75, 3.05) is 12.4 Å². The molecule has 0 saturated carbocycles. The number of ether oxygens (including phenoxy) is 2. The predicted octanol–water partition coefficient (Wildman–Crippen LogP) is 2.87. The number of nitrogens with two attached hydrogens (primary N) is 1. The fraction of sp³-hybridized carbons (Fsp3) is 0.294. The Hall–Kier alpha value is -2.60. The molecule has 2 rings (SSSR count). The first-order chi connectivity index (χ1) is 11.0. The van der Waals surface area contributed by atoms with Crippen molar-refractivity contribution in [2.45, 2.75) is 26.3 Å². The molecule has 0 aliphatic carbocycles. The van der Waals surface area contributed by atoms with Gasteiger partial charge in [-0.2, -0.15) is 4.98 Å². The number of anilines is 1. The predicted molar refractivity (Wildman–Crippen MR) is 88.9 cm³/mol. The van der Waals surface area contributed by atoms with Gasteiger partial charge >= 0.3 is 0 Å². The van der Waals surface area contributed by atoms with Gasteiger partial charge in [0, 0.05) is 6.07 Å². The molecule has 0 aliphatic rings. The lowest BCUT2D eigenvalue weighted by Gasteiger charge is -2.11. The van der Waals surface area contributed by atoms with Crippen molar-refractivity contribution >= 4 is 11.7 Å². The maximum atomic E-state index is 11.8. The van der Waals surface area contributed by atoms with Crippen molar-refractivity contribution in [1.29, 1.82) is 0 Å². The number of hydrogen-bond acceptors (Lipinski definition) is 5. The summed E-state index contributed by atoms with van der Waals surface area (Å²) in [6, 6.07) is 10.1. The number of carbonyl (C=O) groups is 1. The Morgan fingerprint density at radius 3 is 2.78 bits per heavy atom. The Morgan fingerprint density at radius 2 is 2.13 bits per heavy atom. The molecule has 23 heavy (non-hydrogen) atoms. The molecule has 2 aromatic rings. The van der Waals surface area contributed by atoms with E-state index in [1.165, 1.54) is 0 Å². The van der Waals surface area contributed by atoms with Gasteiger partial charge in [-0.15, -0.1) is 0 Å². The minimum atomic E-state index is -0.550. The largest absolute Gasteiger partial charge is 0.496 e. The lowest BCUT2D eigenvalue weighted by atomic mass is 10.2. The monoisotopic (exact) mass is 315 g/mol. The summed E-state index contributed by atoms with van der Waals surface area (Å²) in [5.41, 5.74) is 6.65. The standard InChI is InChI=1S/C17H21N3O3/c1-4-13(18)17(21)20-15-6-5-7-16(19-15)23-12-8-9-14(22-3)11(2)10-12/h5-10,13H,4,18H2,1-3H3,(H,19,20,21)/t13-/m1/s1. The molecule has 0 aliphatic heterocycles. The minimum absolute atomic E-state index is 0.266. The molecule has 0 bridgehead atoms. The molecule has 0 radical (unpaired) electrons. The van der Waals surface area contributed by atoms with Gasteiger partial charge in [0.15, 0.2) is 0 Å². The molecule has 1 amide bonds. The summed E-state index contributed by atoms with van der Waals surface area (Å²) >= 11 is 0. The molecule has 6 nitrogen and oxygen atoms in total. The molecule has 3 N–H and O–H groups in total. The highest BCUT2D eigenvalue weighted by Crippen LogP contribution is 2.26. The van der Waals surface area contributed by atoms with Crippen molar-refractivity contribution < 1.29 is 14.3 Å². The number of hydrogen-bond donors (Lipinski definition) is 2. The maximum Gasteiger partial charge on any atom is 0.242 e. The summed E-state index contributed by atoms with van der Waals surface area (Å²) in [6.07, 6.45) is 0.563. The Bertz CT molecular complexity index is 689. The summed E-state index contributed by atoms with van der Waals surface area (Å²) in [4.78, 5) is 16.1.